The smallest absolute Gasteiger partial charge is 0.229 e. The van der Waals surface area contributed by atoms with Gasteiger partial charge in [-0.3, -0.25) is 0 Å². The lowest BCUT2D eigenvalue weighted by molar-refractivity contribution is 0.295. The molecule has 24 heavy (non-hydrogen) atoms. The van der Waals surface area contributed by atoms with Gasteiger partial charge in [0.15, 0.2) is 5.82 Å². The van der Waals surface area contributed by atoms with Crippen LogP contribution in [-0.2, 0) is 5.54 Å². The zero-order valence-electron chi connectivity index (χ0n) is 14.0. The summed E-state index contributed by atoms with van der Waals surface area (Å²) in [4.78, 5) is 4.68. The minimum absolute atomic E-state index is 0. The molecule has 4 nitrogen and oxygen atoms in total. The van der Waals surface area contributed by atoms with Crippen LogP contribution in [0.1, 0.15) is 80.5 Å². The van der Waals surface area contributed by atoms with Crippen LogP contribution in [0.5, 0.6) is 0 Å². The Morgan fingerprint density at radius 3 is 2.25 bits per heavy atom. The van der Waals surface area contributed by atoms with Gasteiger partial charge in [-0.05, 0) is 50.0 Å². The number of benzene rings is 1. The van der Waals surface area contributed by atoms with Crippen LogP contribution in [0.15, 0.2) is 34.9 Å². The van der Waals surface area contributed by atoms with Gasteiger partial charge in [0.2, 0.25) is 5.89 Å². The number of nitrogens with two attached hydrogens (primary N) is 1. The van der Waals surface area contributed by atoms with Crippen molar-refractivity contribution in [1.82, 2.24) is 10.1 Å². The van der Waals surface area contributed by atoms with E-state index in [1.165, 1.54) is 31.2 Å². The summed E-state index contributed by atoms with van der Waals surface area (Å²) >= 11 is 0. The number of aromatic nitrogens is 2. The molecular formula is C19H26ClN3O. The van der Waals surface area contributed by atoms with Crippen molar-refractivity contribution in [2.75, 3.05) is 0 Å². The molecule has 5 heteroatoms. The van der Waals surface area contributed by atoms with Crippen LogP contribution in [0.2, 0.25) is 0 Å². The SMILES string of the molecule is Cl.NC1(c2noc(C3CCC(c4ccccc4)CC3)n2)CCCC1. The van der Waals surface area contributed by atoms with Crippen molar-refractivity contribution >= 4 is 12.4 Å². The second-order valence-electron chi connectivity index (χ2n) is 7.28. The molecule has 0 bridgehead atoms. The fourth-order valence-corrected chi connectivity index (χ4v) is 4.23. The lowest BCUT2D eigenvalue weighted by Gasteiger charge is -2.26. The van der Waals surface area contributed by atoms with Crippen LogP contribution >= 0.6 is 12.4 Å². The summed E-state index contributed by atoms with van der Waals surface area (Å²) in [5.41, 5.74) is 7.55. The zero-order valence-corrected chi connectivity index (χ0v) is 14.8. The van der Waals surface area contributed by atoms with E-state index in [0.29, 0.717) is 11.8 Å². The molecule has 0 amide bonds. The van der Waals surface area contributed by atoms with Gasteiger partial charge in [-0.1, -0.05) is 48.3 Å². The van der Waals surface area contributed by atoms with Crippen molar-refractivity contribution in [3.8, 4) is 0 Å². The summed E-state index contributed by atoms with van der Waals surface area (Å²) < 4.78 is 5.58. The molecule has 4 rings (SSSR count). The van der Waals surface area contributed by atoms with Crippen LogP contribution < -0.4 is 5.73 Å². The molecule has 0 unspecified atom stereocenters. The number of rotatable bonds is 3. The monoisotopic (exact) mass is 347 g/mol. The van der Waals surface area contributed by atoms with Gasteiger partial charge >= 0.3 is 0 Å². The minimum atomic E-state index is -0.344. The second-order valence-corrected chi connectivity index (χ2v) is 7.28. The molecule has 2 aliphatic rings. The summed E-state index contributed by atoms with van der Waals surface area (Å²) in [5, 5.41) is 4.21. The Bertz CT molecular complexity index is 644. The van der Waals surface area contributed by atoms with E-state index in [2.05, 4.69) is 40.5 Å². The molecule has 1 aromatic heterocycles. The van der Waals surface area contributed by atoms with Crippen LogP contribution in [0.3, 0.4) is 0 Å². The van der Waals surface area contributed by atoms with E-state index in [1.54, 1.807) is 0 Å². The van der Waals surface area contributed by atoms with Gasteiger partial charge in [-0.25, -0.2) is 0 Å². The largest absolute Gasteiger partial charge is 0.339 e. The Morgan fingerprint density at radius 2 is 1.58 bits per heavy atom. The summed E-state index contributed by atoms with van der Waals surface area (Å²) in [5.74, 6) is 2.62. The number of hydrogen-bond donors (Lipinski definition) is 1. The maximum Gasteiger partial charge on any atom is 0.229 e. The Balaban J connectivity index is 0.00000169. The van der Waals surface area contributed by atoms with Gasteiger partial charge in [0.1, 0.15) is 0 Å². The normalized spacial score (nSPS) is 26.0. The minimum Gasteiger partial charge on any atom is -0.339 e. The molecule has 1 aromatic carbocycles. The maximum atomic E-state index is 6.44. The van der Waals surface area contributed by atoms with Gasteiger partial charge in [0.05, 0.1) is 5.54 Å². The highest BCUT2D eigenvalue weighted by Gasteiger charge is 2.37. The Morgan fingerprint density at radius 1 is 0.958 bits per heavy atom. The molecule has 0 radical (unpaired) electrons. The predicted molar refractivity (Wildman–Crippen MR) is 96.3 cm³/mol. The molecule has 0 atom stereocenters. The first-order chi connectivity index (χ1) is 11.2. The second kappa shape index (κ2) is 7.24. The highest BCUT2D eigenvalue weighted by molar-refractivity contribution is 5.85. The van der Waals surface area contributed by atoms with Gasteiger partial charge in [0, 0.05) is 5.92 Å². The van der Waals surface area contributed by atoms with Crippen LogP contribution in [0, 0.1) is 0 Å². The van der Waals surface area contributed by atoms with E-state index in [-0.39, 0.29) is 17.9 Å². The van der Waals surface area contributed by atoms with Gasteiger partial charge < -0.3 is 10.3 Å². The van der Waals surface area contributed by atoms with Crippen molar-refractivity contribution in [1.29, 1.82) is 0 Å². The highest BCUT2D eigenvalue weighted by atomic mass is 35.5. The number of nitrogens with zero attached hydrogens (tertiary/aromatic N) is 2. The standard InChI is InChI=1S/C19H25N3O.ClH/c20-19(12-4-5-13-19)18-21-17(23-22-18)16-10-8-15(9-11-16)14-6-2-1-3-7-14;/h1-3,6-7,15-16H,4-5,8-13,20H2;1H. The lowest BCUT2D eigenvalue weighted by atomic mass is 9.78. The first kappa shape index (κ1) is 17.4. The van der Waals surface area contributed by atoms with Crippen molar-refractivity contribution < 1.29 is 4.52 Å². The topological polar surface area (TPSA) is 64.9 Å². The van der Waals surface area contributed by atoms with Crippen LogP contribution in [-0.4, -0.2) is 10.1 Å². The summed E-state index contributed by atoms with van der Waals surface area (Å²) in [6, 6.07) is 10.8. The average Bonchev–Trinajstić information content (AvgIpc) is 3.26. The van der Waals surface area contributed by atoms with Gasteiger partial charge in [0.25, 0.3) is 0 Å². The highest BCUT2D eigenvalue weighted by Crippen LogP contribution is 2.41. The predicted octanol–water partition coefficient (Wildman–Crippen LogP) is 4.66. The van der Waals surface area contributed by atoms with Crippen molar-refractivity contribution in [3.05, 3.63) is 47.6 Å². The molecule has 130 valence electrons. The molecule has 0 aliphatic heterocycles. The van der Waals surface area contributed by atoms with Gasteiger partial charge in [-0.15, -0.1) is 12.4 Å². The van der Waals surface area contributed by atoms with Crippen LogP contribution in [0.25, 0.3) is 0 Å². The fourth-order valence-electron chi connectivity index (χ4n) is 4.23. The van der Waals surface area contributed by atoms with E-state index in [4.69, 9.17) is 10.3 Å². The van der Waals surface area contributed by atoms with Crippen molar-refractivity contribution in [3.63, 3.8) is 0 Å². The Labute approximate surface area is 149 Å². The summed E-state index contributed by atoms with van der Waals surface area (Å²) in [6.45, 7) is 0. The molecule has 0 saturated heterocycles. The zero-order chi connectivity index (χ0) is 15.7. The third kappa shape index (κ3) is 3.35. The third-order valence-corrected chi connectivity index (χ3v) is 5.73. The van der Waals surface area contributed by atoms with Gasteiger partial charge in [-0.2, -0.15) is 4.98 Å². The quantitative estimate of drug-likeness (QED) is 0.876. The van der Waals surface area contributed by atoms with Crippen molar-refractivity contribution in [2.45, 2.75) is 68.7 Å². The Kier molecular flexibility index (Phi) is 5.26. The van der Waals surface area contributed by atoms with E-state index in [9.17, 15) is 0 Å². The van der Waals surface area contributed by atoms with E-state index < -0.39 is 0 Å². The first-order valence-corrected chi connectivity index (χ1v) is 8.92. The Hall–Kier alpha value is -1.39. The van der Waals surface area contributed by atoms with Crippen LogP contribution in [0.4, 0.5) is 0 Å². The molecule has 2 aromatic rings. The van der Waals surface area contributed by atoms with E-state index >= 15 is 0 Å². The molecule has 2 aliphatic carbocycles. The molecule has 2 fully saturated rings. The number of hydrogen-bond acceptors (Lipinski definition) is 4. The molecular weight excluding hydrogens is 322 g/mol. The number of halogens is 1. The van der Waals surface area contributed by atoms with Crippen molar-refractivity contribution in [2.24, 2.45) is 5.73 Å². The fraction of sp³-hybridized carbons (Fsp3) is 0.579. The van der Waals surface area contributed by atoms with E-state index in [0.717, 1.165) is 37.4 Å². The molecule has 2 saturated carbocycles. The lowest BCUT2D eigenvalue weighted by Crippen LogP contribution is -2.34. The maximum absolute atomic E-state index is 6.44. The van der Waals surface area contributed by atoms with E-state index in [1.807, 2.05) is 0 Å². The first-order valence-electron chi connectivity index (χ1n) is 8.92. The summed E-state index contributed by atoms with van der Waals surface area (Å²) in [7, 11) is 0. The average molecular weight is 348 g/mol. The molecule has 0 spiro atoms. The third-order valence-electron chi connectivity index (χ3n) is 5.73. The molecule has 2 N–H and O–H groups in total. The molecule has 1 heterocycles. The summed E-state index contributed by atoms with van der Waals surface area (Å²) in [6.07, 6.45) is 8.93.